The van der Waals surface area contributed by atoms with Gasteiger partial charge in [0.15, 0.2) is 0 Å². The van der Waals surface area contributed by atoms with Gasteiger partial charge in [0.1, 0.15) is 15.6 Å². The molecule has 0 saturated heterocycles. The Bertz CT molecular complexity index is 744. The molecule has 0 aromatic heterocycles. The first kappa shape index (κ1) is 38.6. The molecule has 0 amide bonds. The van der Waals surface area contributed by atoms with Gasteiger partial charge in [0.25, 0.3) is 0 Å². The number of quaternary nitrogens is 1. The van der Waals surface area contributed by atoms with Crippen molar-refractivity contribution in [3.05, 3.63) is 29.8 Å². The Hall–Kier alpha value is -0.430. The normalized spacial score (nSPS) is 11.8. The second-order valence-corrected chi connectivity index (χ2v) is 13.7. The first-order valence-corrected chi connectivity index (χ1v) is 18.6. The third-order valence-corrected chi connectivity index (χ3v) is 9.76. The Balaban J connectivity index is 0.00000108. The highest BCUT2D eigenvalue weighted by Gasteiger charge is 2.18. The quantitative estimate of drug-likeness (QED) is 0.0375. The van der Waals surface area contributed by atoms with Crippen LogP contribution in [0.3, 0.4) is 0 Å². The van der Waals surface area contributed by atoms with Gasteiger partial charge in [-0.15, -0.1) is 0 Å². The van der Waals surface area contributed by atoms with E-state index in [1.54, 1.807) is 12.1 Å². The van der Waals surface area contributed by atoms with E-state index in [2.05, 4.69) is 36.8 Å². The van der Waals surface area contributed by atoms with Crippen LogP contribution in [0.4, 0.5) is 0 Å². The van der Waals surface area contributed by atoms with Gasteiger partial charge in [0, 0.05) is 0 Å². The van der Waals surface area contributed by atoms with Gasteiger partial charge in [-0.1, -0.05) is 134 Å². The molecule has 39 heavy (non-hydrogen) atoms. The number of hydrogen-bond acceptors (Lipinski definition) is 3. The number of benzene rings is 1. The van der Waals surface area contributed by atoms with E-state index in [-0.39, 0.29) is 4.90 Å². The van der Waals surface area contributed by atoms with Crippen LogP contribution in [0.15, 0.2) is 29.2 Å². The van der Waals surface area contributed by atoms with E-state index in [9.17, 15) is 13.0 Å². The molecule has 6 heteroatoms. The van der Waals surface area contributed by atoms with Gasteiger partial charge in [-0.2, -0.15) is 0 Å². The molecule has 0 unspecified atom stereocenters. The van der Waals surface area contributed by atoms with E-state index < -0.39 is 10.1 Å². The van der Waals surface area contributed by atoms with Crippen LogP contribution in [0.5, 0.6) is 0 Å². The predicted molar refractivity (Wildman–Crippen MR) is 173 cm³/mol. The number of unbranched alkanes of at least 4 members (excludes halogenated alkanes) is 18. The molecule has 0 aliphatic carbocycles. The van der Waals surface area contributed by atoms with E-state index in [0.29, 0.717) is 0 Å². The number of aryl methyl sites for hydroxylation is 1. The maximum absolute atomic E-state index is 10.4. The summed E-state index contributed by atoms with van der Waals surface area (Å²) in [5, 5.41) is 0. The highest BCUT2D eigenvalue weighted by atomic mass is 79.9. The molecular weight excluding hydrogens is 570 g/mol. The molecule has 1 aromatic carbocycles. The fourth-order valence-corrected chi connectivity index (χ4v) is 5.87. The molecule has 0 aliphatic rings. The molecule has 0 heterocycles. The zero-order valence-corrected chi connectivity index (χ0v) is 28.4. The van der Waals surface area contributed by atoms with Gasteiger partial charge in [-0.25, -0.2) is 8.42 Å². The zero-order valence-electron chi connectivity index (χ0n) is 26.0. The first-order chi connectivity index (χ1) is 18.7. The third kappa shape index (κ3) is 23.9. The molecule has 230 valence electrons. The first-order valence-electron chi connectivity index (χ1n) is 16.1. The second-order valence-electron chi connectivity index (χ2n) is 11.8. The van der Waals surface area contributed by atoms with Crippen molar-refractivity contribution in [2.75, 3.05) is 25.6 Å². The lowest BCUT2D eigenvalue weighted by molar-refractivity contribution is -0.896. The minimum Gasteiger partial charge on any atom is -0.744 e. The number of rotatable bonds is 24. The smallest absolute Gasteiger partial charge is 0.134 e. The van der Waals surface area contributed by atoms with Crippen molar-refractivity contribution in [1.29, 1.82) is 0 Å². The van der Waals surface area contributed by atoms with Gasteiger partial charge in [0.05, 0.1) is 25.0 Å². The number of alkyl halides is 1. The van der Waals surface area contributed by atoms with Crippen molar-refractivity contribution in [1.82, 2.24) is 0 Å². The zero-order chi connectivity index (χ0) is 29.2. The van der Waals surface area contributed by atoms with Crippen LogP contribution in [-0.2, 0) is 10.1 Å². The highest BCUT2D eigenvalue weighted by molar-refractivity contribution is 9.09. The summed E-state index contributed by atoms with van der Waals surface area (Å²) in [6, 6.07) is 5.78. The molecule has 4 nitrogen and oxygen atoms in total. The summed E-state index contributed by atoms with van der Waals surface area (Å²) < 4.78 is 32.4. The topological polar surface area (TPSA) is 57.2 Å². The molecule has 1 rings (SSSR count). The van der Waals surface area contributed by atoms with Crippen LogP contribution < -0.4 is 0 Å². The number of nitrogens with zero attached hydrogens (tertiary/aromatic N) is 1. The van der Waals surface area contributed by atoms with Gasteiger partial charge >= 0.3 is 0 Å². The summed E-state index contributed by atoms with van der Waals surface area (Å²) in [7, 11) is -1.82. The van der Waals surface area contributed by atoms with E-state index in [4.69, 9.17) is 0 Å². The van der Waals surface area contributed by atoms with E-state index in [1.165, 1.54) is 158 Å². The summed E-state index contributed by atoms with van der Waals surface area (Å²) in [5.41, 5.74) is 2.05. The SMILES string of the molecule is CCCCCCCCCCCC[N+](C)(CBr)CCCCCCCCCCCC.Cc1ccc(S(=O)(=O)[O-])cc1. The summed E-state index contributed by atoms with van der Waals surface area (Å²) in [4.78, 5) is -0.178. The van der Waals surface area contributed by atoms with Crippen molar-refractivity contribution in [3.8, 4) is 0 Å². The Morgan fingerprint density at radius 3 is 1.21 bits per heavy atom. The van der Waals surface area contributed by atoms with Crippen molar-refractivity contribution in [2.24, 2.45) is 0 Å². The predicted octanol–water partition coefficient (Wildman–Crippen LogP) is 10.5. The van der Waals surface area contributed by atoms with Crippen LogP contribution >= 0.6 is 15.9 Å². The molecule has 0 aliphatic heterocycles. The molecular formula is C33H62BrNO3S. The van der Waals surface area contributed by atoms with Gasteiger partial charge in [-0.3, -0.25) is 0 Å². The molecule has 0 spiro atoms. The fourth-order valence-electron chi connectivity index (χ4n) is 4.90. The van der Waals surface area contributed by atoms with Crippen LogP contribution in [0.1, 0.15) is 148 Å². The average Bonchev–Trinajstić information content (AvgIpc) is 2.91. The summed E-state index contributed by atoms with van der Waals surface area (Å²) in [6.07, 6.45) is 28.8. The Labute approximate surface area is 252 Å². The Morgan fingerprint density at radius 1 is 0.615 bits per heavy atom. The summed E-state index contributed by atoms with van der Waals surface area (Å²) >= 11 is 3.79. The standard InChI is InChI=1S/C26H55BrN.C7H8O3S/c1-4-6-8-10-12-14-16-18-20-22-24-28(3,26-27)25-23-21-19-17-15-13-11-9-7-5-2;1-6-2-4-7(5-3-6)11(8,9)10/h4-26H2,1-3H3;2-5H,1H3,(H,8,9,10)/q+1;/p-1. The lowest BCUT2D eigenvalue weighted by Crippen LogP contribution is -2.44. The van der Waals surface area contributed by atoms with Gasteiger partial charge < -0.3 is 9.04 Å². The maximum Gasteiger partial charge on any atom is 0.134 e. The van der Waals surface area contributed by atoms with E-state index >= 15 is 0 Å². The minimum atomic E-state index is -4.27. The van der Waals surface area contributed by atoms with Crippen LogP contribution in [0.25, 0.3) is 0 Å². The molecule has 0 fully saturated rings. The van der Waals surface area contributed by atoms with Crippen LogP contribution in [0, 0.1) is 6.92 Å². The molecule has 0 N–H and O–H groups in total. The van der Waals surface area contributed by atoms with Crippen molar-refractivity contribution >= 4 is 26.0 Å². The van der Waals surface area contributed by atoms with Crippen molar-refractivity contribution < 1.29 is 17.5 Å². The van der Waals surface area contributed by atoms with Crippen LogP contribution in [0.2, 0.25) is 0 Å². The van der Waals surface area contributed by atoms with Crippen molar-refractivity contribution in [2.45, 2.75) is 154 Å². The van der Waals surface area contributed by atoms with Crippen LogP contribution in [-0.4, -0.2) is 43.0 Å². The minimum absolute atomic E-state index is 0.178. The number of halogens is 1. The largest absolute Gasteiger partial charge is 0.744 e. The highest BCUT2D eigenvalue weighted by Crippen LogP contribution is 2.16. The van der Waals surface area contributed by atoms with Gasteiger partial charge in [0.2, 0.25) is 0 Å². The molecule has 0 radical (unpaired) electrons. The number of hydrogen-bond donors (Lipinski definition) is 0. The lowest BCUT2D eigenvalue weighted by Gasteiger charge is -2.32. The Morgan fingerprint density at radius 2 is 0.923 bits per heavy atom. The molecule has 0 bridgehead atoms. The van der Waals surface area contributed by atoms with Crippen molar-refractivity contribution in [3.63, 3.8) is 0 Å². The monoisotopic (exact) mass is 631 g/mol. The van der Waals surface area contributed by atoms with Gasteiger partial charge in [-0.05, 0) is 60.7 Å². The maximum atomic E-state index is 10.4. The Kier molecular flexibility index (Phi) is 25.0. The average molecular weight is 633 g/mol. The molecule has 0 saturated carbocycles. The van der Waals surface area contributed by atoms with E-state index in [0.717, 1.165) is 11.0 Å². The molecule has 0 atom stereocenters. The summed E-state index contributed by atoms with van der Waals surface area (Å²) in [5.74, 6) is 0. The van der Waals surface area contributed by atoms with E-state index in [1.807, 2.05) is 6.92 Å². The third-order valence-electron chi connectivity index (χ3n) is 7.70. The second kappa shape index (κ2) is 25.3. The molecule has 1 aromatic rings. The fraction of sp³-hybridized carbons (Fsp3) is 0.818. The lowest BCUT2D eigenvalue weighted by atomic mass is 10.1. The summed E-state index contributed by atoms with van der Waals surface area (Å²) in [6.45, 7) is 9.14.